The number of alkyl carbamates (subject to hydrolysis) is 1. The second kappa shape index (κ2) is 9.11. The Labute approximate surface area is 144 Å². The van der Waals surface area contributed by atoms with Crippen LogP contribution in [0.25, 0.3) is 0 Å². The Balaban J connectivity index is 2.76. The first-order chi connectivity index (χ1) is 11.2. The van der Waals surface area contributed by atoms with Crippen molar-refractivity contribution in [3.63, 3.8) is 0 Å². The lowest BCUT2D eigenvalue weighted by Gasteiger charge is -2.23. The average Bonchev–Trinajstić information content (AvgIpc) is 2.45. The van der Waals surface area contributed by atoms with Gasteiger partial charge in [-0.1, -0.05) is 35.9 Å². The molecule has 1 atom stereocenters. The molecule has 0 aliphatic heterocycles. The second-order valence-electron chi connectivity index (χ2n) is 6.80. The van der Waals surface area contributed by atoms with Gasteiger partial charge in [0.15, 0.2) is 0 Å². The van der Waals surface area contributed by atoms with Gasteiger partial charge in [-0.15, -0.1) is 0 Å². The zero-order valence-electron chi connectivity index (χ0n) is 15.1. The minimum Gasteiger partial charge on any atom is -0.460 e. The smallest absolute Gasteiger partial charge is 0.408 e. The molecule has 0 saturated heterocycles. The molecule has 1 amide bonds. The maximum absolute atomic E-state index is 12.3. The Bertz CT molecular complexity index is 569. The van der Waals surface area contributed by atoms with Crippen LogP contribution in [-0.2, 0) is 20.7 Å². The molecular formula is C19H27NO4. The summed E-state index contributed by atoms with van der Waals surface area (Å²) in [4.78, 5) is 24.3. The van der Waals surface area contributed by atoms with Crippen molar-refractivity contribution < 1.29 is 19.1 Å². The fourth-order valence-electron chi connectivity index (χ4n) is 1.88. The highest BCUT2D eigenvalue weighted by Gasteiger charge is 2.25. The first-order valence-electron chi connectivity index (χ1n) is 8.01. The summed E-state index contributed by atoms with van der Waals surface area (Å²) in [6, 6.07) is 8.66. The van der Waals surface area contributed by atoms with Gasteiger partial charge >= 0.3 is 12.1 Å². The van der Waals surface area contributed by atoms with Crippen LogP contribution in [0.2, 0.25) is 0 Å². The Kier molecular flexibility index (Phi) is 7.49. The molecule has 0 bridgehead atoms. The van der Waals surface area contributed by atoms with Crippen LogP contribution >= 0.6 is 0 Å². The Hall–Kier alpha value is -2.30. The lowest BCUT2D eigenvalue weighted by molar-refractivity contribution is -0.144. The van der Waals surface area contributed by atoms with E-state index in [9.17, 15) is 9.59 Å². The van der Waals surface area contributed by atoms with Gasteiger partial charge < -0.3 is 14.8 Å². The molecule has 1 aromatic rings. The maximum atomic E-state index is 12.3. The van der Waals surface area contributed by atoms with Crippen LogP contribution in [0.3, 0.4) is 0 Å². The standard InChI is InChI=1S/C19H27NO4/c1-14(2)11-12-23-17(21)16(13-15-9-7-6-8-10-15)20-18(22)24-19(3,4)5/h6-11,16H,12-13H2,1-5H3,(H,20,22). The summed E-state index contributed by atoms with van der Waals surface area (Å²) in [5, 5.41) is 2.60. The van der Waals surface area contributed by atoms with E-state index in [2.05, 4.69) is 5.32 Å². The predicted octanol–water partition coefficient (Wildman–Crippen LogP) is 3.63. The molecule has 1 rings (SSSR count). The van der Waals surface area contributed by atoms with E-state index >= 15 is 0 Å². The van der Waals surface area contributed by atoms with E-state index in [0.717, 1.165) is 11.1 Å². The average molecular weight is 333 g/mol. The first kappa shape index (κ1) is 19.7. The molecule has 0 spiro atoms. The number of carbonyl (C=O) groups is 2. The zero-order chi connectivity index (χ0) is 18.2. The summed E-state index contributed by atoms with van der Waals surface area (Å²) in [5.41, 5.74) is 1.35. The van der Waals surface area contributed by atoms with Crippen molar-refractivity contribution >= 4 is 12.1 Å². The second-order valence-corrected chi connectivity index (χ2v) is 6.80. The van der Waals surface area contributed by atoms with Gasteiger partial charge in [-0.2, -0.15) is 0 Å². The Morgan fingerprint density at radius 2 is 1.79 bits per heavy atom. The monoisotopic (exact) mass is 333 g/mol. The lowest BCUT2D eigenvalue weighted by atomic mass is 10.1. The van der Waals surface area contributed by atoms with Crippen molar-refractivity contribution in [2.45, 2.75) is 52.7 Å². The third-order valence-electron chi connectivity index (χ3n) is 2.98. The molecule has 0 aliphatic carbocycles. The van der Waals surface area contributed by atoms with Crippen LogP contribution in [0.4, 0.5) is 4.79 Å². The van der Waals surface area contributed by atoms with E-state index in [4.69, 9.17) is 9.47 Å². The zero-order valence-corrected chi connectivity index (χ0v) is 15.1. The number of esters is 1. The van der Waals surface area contributed by atoms with E-state index < -0.39 is 23.7 Å². The number of hydrogen-bond donors (Lipinski definition) is 1. The van der Waals surface area contributed by atoms with E-state index in [1.54, 1.807) is 20.8 Å². The quantitative estimate of drug-likeness (QED) is 0.638. The fourth-order valence-corrected chi connectivity index (χ4v) is 1.88. The van der Waals surface area contributed by atoms with E-state index in [1.165, 1.54) is 0 Å². The number of amides is 1. The SMILES string of the molecule is CC(C)=CCOC(=O)C(Cc1ccccc1)NC(=O)OC(C)(C)C. The highest BCUT2D eigenvalue weighted by molar-refractivity contribution is 5.81. The maximum Gasteiger partial charge on any atom is 0.408 e. The number of allylic oxidation sites excluding steroid dienone is 1. The lowest BCUT2D eigenvalue weighted by Crippen LogP contribution is -2.45. The number of rotatable bonds is 6. The largest absolute Gasteiger partial charge is 0.460 e. The van der Waals surface area contributed by atoms with Gasteiger partial charge in [0, 0.05) is 6.42 Å². The molecule has 0 heterocycles. The molecule has 132 valence electrons. The minimum absolute atomic E-state index is 0.183. The number of ether oxygens (including phenoxy) is 2. The Morgan fingerprint density at radius 3 is 2.33 bits per heavy atom. The van der Waals surface area contributed by atoms with Gasteiger partial charge in [-0.25, -0.2) is 9.59 Å². The number of nitrogens with one attached hydrogen (secondary N) is 1. The molecule has 5 nitrogen and oxygen atoms in total. The van der Waals surface area contributed by atoms with Crippen LogP contribution in [-0.4, -0.2) is 30.3 Å². The summed E-state index contributed by atoms with van der Waals surface area (Å²) >= 11 is 0. The summed E-state index contributed by atoms with van der Waals surface area (Å²) in [6.45, 7) is 9.34. The van der Waals surface area contributed by atoms with Gasteiger partial charge in [0.25, 0.3) is 0 Å². The number of hydrogen-bond acceptors (Lipinski definition) is 4. The number of benzene rings is 1. The van der Waals surface area contributed by atoms with Crippen molar-refractivity contribution in [1.82, 2.24) is 5.32 Å². The highest BCUT2D eigenvalue weighted by Crippen LogP contribution is 2.09. The van der Waals surface area contributed by atoms with E-state index in [1.807, 2.05) is 50.3 Å². The molecule has 0 fully saturated rings. The third kappa shape index (κ3) is 8.36. The molecule has 0 saturated carbocycles. The van der Waals surface area contributed by atoms with Crippen molar-refractivity contribution in [3.8, 4) is 0 Å². The van der Waals surface area contributed by atoms with Crippen LogP contribution in [0.5, 0.6) is 0 Å². The minimum atomic E-state index is -0.798. The van der Waals surface area contributed by atoms with Crippen LogP contribution in [0, 0.1) is 0 Å². The first-order valence-corrected chi connectivity index (χ1v) is 8.01. The predicted molar refractivity (Wildman–Crippen MR) is 93.7 cm³/mol. The summed E-state index contributed by atoms with van der Waals surface area (Å²) < 4.78 is 10.5. The molecule has 5 heteroatoms. The Morgan fingerprint density at radius 1 is 1.17 bits per heavy atom. The van der Waals surface area contributed by atoms with Crippen molar-refractivity contribution in [1.29, 1.82) is 0 Å². The highest BCUT2D eigenvalue weighted by atomic mass is 16.6. The normalized spacial score (nSPS) is 12.0. The van der Waals surface area contributed by atoms with Crippen molar-refractivity contribution in [2.24, 2.45) is 0 Å². The number of carbonyl (C=O) groups excluding carboxylic acids is 2. The fraction of sp³-hybridized carbons (Fsp3) is 0.474. The van der Waals surface area contributed by atoms with Crippen molar-refractivity contribution in [2.75, 3.05) is 6.61 Å². The molecule has 1 aromatic carbocycles. The van der Waals surface area contributed by atoms with E-state index in [-0.39, 0.29) is 6.61 Å². The van der Waals surface area contributed by atoms with Crippen LogP contribution < -0.4 is 5.32 Å². The molecule has 0 aromatic heterocycles. The topological polar surface area (TPSA) is 64.6 Å². The molecule has 0 aliphatic rings. The van der Waals surface area contributed by atoms with Gasteiger partial charge in [0.1, 0.15) is 18.2 Å². The van der Waals surface area contributed by atoms with E-state index in [0.29, 0.717) is 6.42 Å². The third-order valence-corrected chi connectivity index (χ3v) is 2.98. The molecule has 1 N–H and O–H groups in total. The van der Waals surface area contributed by atoms with Gasteiger partial charge in [-0.3, -0.25) is 0 Å². The van der Waals surface area contributed by atoms with Gasteiger partial charge in [-0.05, 0) is 46.3 Å². The van der Waals surface area contributed by atoms with Crippen LogP contribution in [0.1, 0.15) is 40.2 Å². The van der Waals surface area contributed by atoms with Crippen molar-refractivity contribution in [3.05, 3.63) is 47.5 Å². The van der Waals surface area contributed by atoms with Gasteiger partial charge in [0.05, 0.1) is 0 Å². The summed E-state index contributed by atoms with van der Waals surface area (Å²) in [6.07, 6.45) is 1.51. The molecule has 1 unspecified atom stereocenters. The molecule has 24 heavy (non-hydrogen) atoms. The molecular weight excluding hydrogens is 306 g/mol. The summed E-state index contributed by atoms with van der Waals surface area (Å²) in [7, 11) is 0. The van der Waals surface area contributed by atoms with Crippen LogP contribution in [0.15, 0.2) is 42.0 Å². The molecule has 0 radical (unpaired) electrons. The summed E-state index contributed by atoms with van der Waals surface area (Å²) in [5.74, 6) is -0.484. The van der Waals surface area contributed by atoms with Gasteiger partial charge in [0.2, 0.25) is 0 Å².